The number of nitrogens with zero attached hydrogens (tertiary/aromatic N) is 6. The highest BCUT2D eigenvalue weighted by Gasteiger charge is 2.29. The molecule has 0 aliphatic carbocycles. The number of amides is 3. The van der Waals surface area contributed by atoms with E-state index in [1.807, 2.05) is 14.1 Å². The molecule has 2 N–H and O–H groups in total. The van der Waals surface area contributed by atoms with Gasteiger partial charge in [0.05, 0.1) is 22.7 Å². The molecule has 1 saturated heterocycles. The van der Waals surface area contributed by atoms with Gasteiger partial charge < -0.3 is 25.2 Å². The fraction of sp³-hybridized carbons (Fsp3) is 0.406. The van der Waals surface area contributed by atoms with E-state index in [4.69, 9.17) is 16.3 Å². The van der Waals surface area contributed by atoms with Crippen LogP contribution in [0, 0.1) is 5.82 Å². The van der Waals surface area contributed by atoms with E-state index in [0.717, 1.165) is 18.9 Å². The summed E-state index contributed by atoms with van der Waals surface area (Å²) >= 11 is 5.98. The zero-order valence-corrected chi connectivity index (χ0v) is 27.6. The third-order valence-corrected chi connectivity index (χ3v) is 7.74. The molecule has 0 radical (unpaired) electrons. The number of carbonyl (C=O) groups is 4. The van der Waals surface area contributed by atoms with Crippen molar-refractivity contribution in [1.82, 2.24) is 35.3 Å². The number of carbonyl (C=O) groups excluding carboxylic acids is 4. The number of aromatic nitrogens is 4. The van der Waals surface area contributed by atoms with Gasteiger partial charge in [0, 0.05) is 36.5 Å². The SMILES string of the molecule is CN(C)C1CCN(C(=O)CC(NC(=O)C=Cc2c(-n3cnnn3)ccc(Cl)c2F)C(=O)Nc2ccc(C(=O)OC(C)(C)C)cc2)CC1. The van der Waals surface area contributed by atoms with E-state index >= 15 is 4.39 Å². The molecule has 0 saturated carbocycles. The van der Waals surface area contributed by atoms with Crippen LogP contribution < -0.4 is 10.6 Å². The Labute approximate surface area is 277 Å². The number of tetrazole rings is 1. The highest BCUT2D eigenvalue weighted by Crippen LogP contribution is 2.25. The van der Waals surface area contributed by atoms with E-state index in [9.17, 15) is 19.2 Å². The lowest BCUT2D eigenvalue weighted by atomic mass is 10.0. The molecule has 1 fully saturated rings. The lowest BCUT2D eigenvalue weighted by Crippen LogP contribution is -2.49. The molecule has 47 heavy (non-hydrogen) atoms. The Morgan fingerprint density at radius 1 is 1.11 bits per heavy atom. The van der Waals surface area contributed by atoms with Gasteiger partial charge >= 0.3 is 5.97 Å². The highest BCUT2D eigenvalue weighted by molar-refractivity contribution is 6.31. The number of esters is 1. The number of ether oxygens (including phenoxy) is 1. The Morgan fingerprint density at radius 3 is 2.38 bits per heavy atom. The second kappa shape index (κ2) is 15.3. The molecule has 1 unspecified atom stereocenters. The van der Waals surface area contributed by atoms with Crippen LogP contribution in [-0.2, 0) is 19.1 Å². The van der Waals surface area contributed by atoms with E-state index in [-0.39, 0.29) is 28.6 Å². The Bertz CT molecular complexity index is 1620. The second-order valence-electron chi connectivity index (χ2n) is 12.3. The molecule has 250 valence electrons. The molecule has 3 amide bonds. The first-order valence-electron chi connectivity index (χ1n) is 15.0. The minimum Gasteiger partial charge on any atom is -0.456 e. The molecule has 4 rings (SSSR count). The van der Waals surface area contributed by atoms with Gasteiger partial charge in [0.25, 0.3) is 0 Å². The summed E-state index contributed by atoms with van der Waals surface area (Å²) in [6, 6.07) is 7.93. The molecule has 2 aromatic carbocycles. The molecule has 0 bridgehead atoms. The monoisotopic (exact) mass is 668 g/mol. The van der Waals surface area contributed by atoms with Crippen LogP contribution in [0.4, 0.5) is 10.1 Å². The molecule has 1 atom stereocenters. The zero-order valence-electron chi connectivity index (χ0n) is 26.9. The fourth-order valence-corrected chi connectivity index (χ4v) is 5.13. The molecule has 2 heterocycles. The third-order valence-electron chi connectivity index (χ3n) is 7.45. The topological polar surface area (TPSA) is 152 Å². The van der Waals surface area contributed by atoms with Crippen LogP contribution in [0.1, 0.15) is 56.0 Å². The number of benzene rings is 2. The Kier molecular flexibility index (Phi) is 11.4. The standard InChI is InChI=1S/C32H38ClFN8O5/c1-32(2,3)47-31(46)20-6-8-21(9-7-20)36-30(45)25(18-28(44)41-16-14-22(15-17-41)40(4)5)37-27(43)13-10-23-26(42-19-35-38-39-42)12-11-24(33)29(23)34/h6-13,19,22,25H,14-18H2,1-5H3,(H,36,45)(H,37,43). The van der Waals surface area contributed by atoms with Gasteiger partial charge in [-0.15, -0.1) is 5.10 Å². The molecule has 0 spiro atoms. The van der Waals surface area contributed by atoms with Crippen LogP contribution in [0.3, 0.4) is 0 Å². The van der Waals surface area contributed by atoms with Gasteiger partial charge in [0.15, 0.2) is 5.82 Å². The van der Waals surface area contributed by atoms with Gasteiger partial charge in [-0.1, -0.05) is 11.6 Å². The molecule has 1 aliphatic rings. The van der Waals surface area contributed by atoms with E-state index in [1.165, 1.54) is 53.5 Å². The predicted octanol–water partition coefficient (Wildman–Crippen LogP) is 3.49. The van der Waals surface area contributed by atoms with Crippen molar-refractivity contribution < 1.29 is 28.3 Å². The maximum atomic E-state index is 15.0. The van der Waals surface area contributed by atoms with Crippen molar-refractivity contribution in [1.29, 1.82) is 0 Å². The molecular weight excluding hydrogens is 631 g/mol. The molecule has 15 heteroatoms. The van der Waals surface area contributed by atoms with E-state index in [1.54, 1.807) is 25.7 Å². The van der Waals surface area contributed by atoms with Crippen LogP contribution in [0.2, 0.25) is 5.02 Å². The summed E-state index contributed by atoms with van der Waals surface area (Å²) in [7, 11) is 3.99. The average Bonchev–Trinajstić information content (AvgIpc) is 3.56. The average molecular weight is 669 g/mol. The van der Waals surface area contributed by atoms with Crippen molar-refractivity contribution in [2.75, 3.05) is 32.5 Å². The van der Waals surface area contributed by atoms with Crippen LogP contribution in [0.5, 0.6) is 0 Å². The van der Waals surface area contributed by atoms with Crippen molar-refractivity contribution in [3.05, 3.63) is 70.8 Å². The van der Waals surface area contributed by atoms with Gasteiger partial charge in [-0.2, -0.15) is 4.68 Å². The number of halogens is 2. The van der Waals surface area contributed by atoms with Crippen molar-refractivity contribution in [2.45, 2.75) is 57.7 Å². The van der Waals surface area contributed by atoms with E-state index < -0.39 is 35.2 Å². The summed E-state index contributed by atoms with van der Waals surface area (Å²) in [6.45, 7) is 6.31. The molecule has 1 aromatic heterocycles. The van der Waals surface area contributed by atoms with Crippen molar-refractivity contribution >= 4 is 47.1 Å². The first kappa shape index (κ1) is 35.2. The lowest BCUT2D eigenvalue weighted by Gasteiger charge is -2.35. The van der Waals surface area contributed by atoms with Gasteiger partial charge in [-0.05, 0) is 101 Å². The summed E-state index contributed by atoms with van der Waals surface area (Å²) < 4.78 is 21.6. The first-order chi connectivity index (χ1) is 22.2. The van der Waals surface area contributed by atoms with Gasteiger partial charge in [0.1, 0.15) is 18.0 Å². The van der Waals surface area contributed by atoms with Crippen LogP contribution in [0.25, 0.3) is 11.8 Å². The van der Waals surface area contributed by atoms with Gasteiger partial charge in [-0.25, -0.2) is 9.18 Å². The minimum absolute atomic E-state index is 0.0640. The number of rotatable bonds is 10. The van der Waals surface area contributed by atoms with Crippen molar-refractivity contribution in [2.24, 2.45) is 0 Å². The maximum absolute atomic E-state index is 15.0. The van der Waals surface area contributed by atoms with Gasteiger partial charge in [0.2, 0.25) is 17.7 Å². The number of hydrogen-bond donors (Lipinski definition) is 2. The second-order valence-corrected chi connectivity index (χ2v) is 12.7. The lowest BCUT2D eigenvalue weighted by molar-refractivity contribution is -0.135. The first-order valence-corrected chi connectivity index (χ1v) is 15.4. The smallest absolute Gasteiger partial charge is 0.338 e. The molecular formula is C32H38ClFN8O5. The number of anilines is 1. The summed E-state index contributed by atoms with van der Waals surface area (Å²) in [6.07, 6.45) is 4.73. The number of hydrogen-bond acceptors (Lipinski definition) is 9. The van der Waals surface area contributed by atoms with Crippen molar-refractivity contribution in [3.63, 3.8) is 0 Å². The quantitative estimate of drug-likeness (QED) is 0.244. The summed E-state index contributed by atoms with van der Waals surface area (Å²) in [5, 5.41) is 16.0. The molecule has 13 nitrogen and oxygen atoms in total. The summed E-state index contributed by atoms with van der Waals surface area (Å²) in [5.74, 6) is -3.03. The zero-order chi connectivity index (χ0) is 34.3. The van der Waals surface area contributed by atoms with Crippen LogP contribution >= 0.6 is 11.6 Å². The Balaban J connectivity index is 1.51. The fourth-order valence-electron chi connectivity index (χ4n) is 4.97. The van der Waals surface area contributed by atoms with Crippen molar-refractivity contribution in [3.8, 4) is 5.69 Å². The summed E-state index contributed by atoms with van der Waals surface area (Å²) in [5.41, 5.74) is 0.111. The minimum atomic E-state index is -1.28. The molecule has 1 aliphatic heterocycles. The molecule has 3 aromatic rings. The van der Waals surface area contributed by atoms with Crippen LogP contribution in [0.15, 0.2) is 48.8 Å². The van der Waals surface area contributed by atoms with E-state index in [2.05, 4.69) is 31.1 Å². The summed E-state index contributed by atoms with van der Waals surface area (Å²) in [4.78, 5) is 56.1. The third kappa shape index (κ3) is 9.66. The number of piperidine rings is 1. The van der Waals surface area contributed by atoms with Crippen LogP contribution in [-0.4, -0.2) is 98.6 Å². The Morgan fingerprint density at radius 2 is 1.79 bits per heavy atom. The Hall–Kier alpha value is -4.69. The number of likely N-dealkylation sites (tertiary alicyclic amines) is 1. The maximum Gasteiger partial charge on any atom is 0.338 e. The normalized spacial score (nSPS) is 14.7. The highest BCUT2D eigenvalue weighted by atomic mass is 35.5. The van der Waals surface area contributed by atoms with Gasteiger partial charge in [-0.3, -0.25) is 14.4 Å². The largest absolute Gasteiger partial charge is 0.456 e. The number of nitrogens with one attached hydrogen (secondary N) is 2. The van der Waals surface area contributed by atoms with E-state index in [0.29, 0.717) is 30.4 Å². The predicted molar refractivity (Wildman–Crippen MR) is 173 cm³/mol.